The fourth-order valence-corrected chi connectivity index (χ4v) is 3.13. The molecule has 2 amide bonds. The zero-order valence-electron chi connectivity index (χ0n) is 16.5. The van der Waals surface area contributed by atoms with Crippen molar-refractivity contribution in [3.63, 3.8) is 0 Å². The van der Waals surface area contributed by atoms with Gasteiger partial charge in [0.2, 0.25) is 0 Å². The molecular formula is C20H28N4O4. The number of amides is 2. The lowest BCUT2D eigenvalue weighted by Crippen LogP contribution is -2.43. The van der Waals surface area contributed by atoms with Gasteiger partial charge in [-0.05, 0) is 25.3 Å². The van der Waals surface area contributed by atoms with Crippen molar-refractivity contribution in [2.24, 2.45) is 0 Å². The van der Waals surface area contributed by atoms with Gasteiger partial charge in [-0.2, -0.15) is 4.98 Å². The maximum Gasteiger partial charge on any atom is 0.317 e. The summed E-state index contributed by atoms with van der Waals surface area (Å²) in [5, 5.41) is 7.07. The van der Waals surface area contributed by atoms with Crippen molar-refractivity contribution in [3.05, 3.63) is 47.1 Å². The van der Waals surface area contributed by atoms with E-state index < -0.39 is 0 Å². The van der Waals surface area contributed by atoms with Gasteiger partial charge >= 0.3 is 6.03 Å². The predicted octanol–water partition coefficient (Wildman–Crippen LogP) is 2.63. The molecule has 1 saturated heterocycles. The smallest absolute Gasteiger partial charge is 0.317 e. The van der Waals surface area contributed by atoms with E-state index in [2.05, 4.69) is 27.6 Å². The van der Waals surface area contributed by atoms with Crippen LogP contribution in [0.3, 0.4) is 0 Å². The molecule has 0 aliphatic carbocycles. The standard InChI is InChI=1S/C20H28N4O4/c1-15-3-5-16(6-4-15)13-21-20(25)24-9-7-17(8-10-24)19-22-18(28-23-19)14-27-12-11-26-2/h3-6,17H,7-14H2,1-2H3,(H,21,25). The molecule has 2 heterocycles. The van der Waals surface area contributed by atoms with Gasteiger partial charge < -0.3 is 24.2 Å². The molecule has 152 valence electrons. The largest absolute Gasteiger partial charge is 0.382 e. The third kappa shape index (κ3) is 5.77. The van der Waals surface area contributed by atoms with Crippen LogP contribution in [0.4, 0.5) is 4.79 Å². The van der Waals surface area contributed by atoms with Crippen LogP contribution in [0.1, 0.15) is 41.6 Å². The third-order valence-corrected chi connectivity index (χ3v) is 4.85. The number of urea groups is 1. The Morgan fingerprint density at radius 2 is 2.00 bits per heavy atom. The first-order chi connectivity index (χ1) is 13.7. The molecule has 0 unspecified atom stereocenters. The van der Waals surface area contributed by atoms with Crippen LogP contribution in [0, 0.1) is 6.92 Å². The highest BCUT2D eigenvalue weighted by atomic mass is 16.5. The average molecular weight is 388 g/mol. The summed E-state index contributed by atoms with van der Waals surface area (Å²) < 4.78 is 15.6. The number of aromatic nitrogens is 2. The van der Waals surface area contributed by atoms with Crippen molar-refractivity contribution < 1.29 is 18.8 Å². The number of likely N-dealkylation sites (tertiary alicyclic amines) is 1. The second-order valence-corrected chi connectivity index (χ2v) is 7.00. The number of nitrogens with one attached hydrogen (secondary N) is 1. The monoisotopic (exact) mass is 388 g/mol. The number of benzene rings is 1. The van der Waals surface area contributed by atoms with E-state index >= 15 is 0 Å². The first kappa shape index (κ1) is 20.3. The van der Waals surface area contributed by atoms with E-state index in [9.17, 15) is 4.79 Å². The minimum absolute atomic E-state index is 0.0284. The highest BCUT2D eigenvalue weighted by Gasteiger charge is 2.26. The number of nitrogens with zero attached hydrogens (tertiary/aromatic N) is 3. The molecule has 0 bridgehead atoms. The topological polar surface area (TPSA) is 89.7 Å². The molecule has 1 N–H and O–H groups in total. The lowest BCUT2D eigenvalue weighted by atomic mass is 9.96. The van der Waals surface area contributed by atoms with E-state index in [1.165, 1.54) is 5.56 Å². The fraction of sp³-hybridized carbons (Fsp3) is 0.550. The van der Waals surface area contributed by atoms with Crippen LogP contribution in [0.2, 0.25) is 0 Å². The Bertz CT molecular complexity index is 739. The third-order valence-electron chi connectivity index (χ3n) is 4.85. The zero-order chi connectivity index (χ0) is 19.8. The minimum atomic E-state index is -0.0284. The molecule has 28 heavy (non-hydrogen) atoms. The number of hydrogen-bond donors (Lipinski definition) is 1. The summed E-state index contributed by atoms with van der Waals surface area (Å²) in [5.74, 6) is 1.38. The highest BCUT2D eigenvalue weighted by Crippen LogP contribution is 2.26. The van der Waals surface area contributed by atoms with Gasteiger partial charge in [-0.15, -0.1) is 0 Å². The molecule has 3 rings (SSSR count). The average Bonchev–Trinajstić information content (AvgIpc) is 3.20. The zero-order valence-corrected chi connectivity index (χ0v) is 16.5. The molecule has 1 aromatic heterocycles. The Labute approximate surface area is 165 Å². The second-order valence-electron chi connectivity index (χ2n) is 7.00. The van der Waals surface area contributed by atoms with Gasteiger partial charge in [-0.3, -0.25) is 0 Å². The Hall–Kier alpha value is -2.45. The van der Waals surface area contributed by atoms with E-state index in [4.69, 9.17) is 14.0 Å². The van der Waals surface area contributed by atoms with Crippen LogP contribution in [-0.2, 0) is 22.6 Å². The van der Waals surface area contributed by atoms with Gasteiger partial charge in [-0.25, -0.2) is 4.79 Å². The molecule has 8 heteroatoms. The van der Waals surface area contributed by atoms with Crippen LogP contribution < -0.4 is 5.32 Å². The number of ether oxygens (including phenoxy) is 2. The van der Waals surface area contributed by atoms with E-state index in [1.807, 2.05) is 24.0 Å². The Morgan fingerprint density at radius 3 is 2.71 bits per heavy atom. The van der Waals surface area contributed by atoms with E-state index in [0.29, 0.717) is 44.6 Å². The molecule has 0 saturated carbocycles. The molecule has 8 nitrogen and oxygen atoms in total. The SMILES string of the molecule is COCCOCc1nc(C2CCN(C(=O)NCc3ccc(C)cc3)CC2)no1. The van der Waals surface area contributed by atoms with E-state index in [0.717, 1.165) is 18.4 Å². The fourth-order valence-electron chi connectivity index (χ4n) is 3.13. The van der Waals surface area contributed by atoms with Gasteiger partial charge in [0.15, 0.2) is 5.82 Å². The van der Waals surface area contributed by atoms with E-state index in [-0.39, 0.29) is 18.6 Å². The number of hydrogen-bond acceptors (Lipinski definition) is 6. The summed E-state index contributed by atoms with van der Waals surface area (Å²) in [4.78, 5) is 18.7. The first-order valence-corrected chi connectivity index (χ1v) is 9.63. The Kier molecular flexibility index (Phi) is 7.39. The summed E-state index contributed by atoms with van der Waals surface area (Å²) in [6.45, 7) is 5.26. The number of aryl methyl sites for hydroxylation is 1. The molecular weight excluding hydrogens is 360 g/mol. The van der Waals surface area contributed by atoms with Gasteiger partial charge in [0.25, 0.3) is 5.89 Å². The van der Waals surface area contributed by atoms with Crippen molar-refractivity contribution in [2.45, 2.75) is 38.8 Å². The lowest BCUT2D eigenvalue weighted by Gasteiger charge is -2.30. The quantitative estimate of drug-likeness (QED) is 0.699. The van der Waals surface area contributed by atoms with Crippen LogP contribution in [0.25, 0.3) is 0 Å². The summed E-state index contributed by atoms with van der Waals surface area (Å²) in [6, 6.07) is 8.15. The van der Waals surface area contributed by atoms with Gasteiger partial charge in [-0.1, -0.05) is 35.0 Å². The lowest BCUT2D eigenvalue weighted by molar-refractivity contribution is 0.0494. The number of methoxy groups -OCH3 is 1. The molecule has 1 aliphatic heterocycles. The van der Waals surface area contributed by atoms with Crippen molar-refractivity contribution in [1.82, 2.24) is 20.4 Å². The first-order valence-electron chi connectivity index (χ1n) is 9.63. The van der Waals surface area contributed by atoms with Crippen molar-refractivity contribution in [1.29, 1.82) is 0 Å². The van der Waals surface area contributed by atoms with Crippen molar-refractivity contribution in [3.8, 4) is 0 Å². The van der Waals surface area contributed by atoms with Gasteiger partial charge in [0.1, 0.15) is 6.61 Å². The summed E-state index contributed by atoms with van der Waals surface area (Å²) >= 11 is 0. The highest BCUT2D eigenvalue weighted by molar-refractivity contribution is 5.74. The molecule has 2 aromatic rings. The normalized spacial score (nSPS) is 15.0. The summed E-state index contributed by atoms with van der Waals surface area (Å²) in [7, 11) is 1.63. The van der Waals surface area contributed by atoms with Crippen LogP contribution in [0.5, 0.6) is 0 Å². The van der Waals surface area contributed by atoms with E-state index in [1.54, 1.807) is 7.11 Å². The summed E-state index contributed by atoms with van der Waals surface area (Å²) in [6.07, 6.45) is 1.64. The predicted molar refractivity (Wildman–Crippen MR) is 103 cm³/mol. The Balaban J connectivity index is 1.40. The molecule has 0 spiro atoms. The van der Waals surface area contributed by atoms with Crippen LogP contribution in [0.15, 0.2) is 28.8 Å². The van der Waals surface area contributed by atoms with Crippen molar-refractivity contribution >= 4 is 6.03 Å². The number of carbonyl (C=O) groups excluding carboxylic acids is 1. The number of carbonyl (C=O) groups is 1. The second kappa shape index (κ2) is 10.2. The molecule has 0 atom stereocenters. The van der Waals surface area contributed by atoms with Crippen LogP contribution in [-0.4, -0.2) is 54.5 Å². The van der Waals surface area contributed by atoms with Crippen LogP contribution >= 0.6 is 0 Å². The molecule has 0 radical (unpaired) electrons. The molecule has 1 aromatic carbocycles. The number of rotatable bonds is 8. The van der Waals surface area contributed by atoms with Gasteiger partial charge in [0, 0.05) is 32.7 Å². The Morgan fingerprint density at radius 1 is 1.25 bits per heavy atom. The minimum Gasteiger partial charge on any atom is -0.382 e. The molecule has 1 aliphatic rings. The summed E-state index contributed by atoms with van der Waals surface area (Å²) in [5.41, 5.74) is 2.31. The maximum atomic E-state index is 12.4. The maximum absolute atomic E-state index is 12.4. The number of piperidine rings is 1. The van der Waals surface area contributed by atoms with Gasteiger partial charge in [0.05, 0.1) is 13.2 Å². The van der Waals surface area contributed by atoms with Crippen molar-refractivity contribution in [2.75, 3.05) is 33.4 Å². The molecule has 1 fully saturated rings.